The molecule has 90 valence electrons. The predicted octanol–water partition coefficient (Wildman–Crippen LogP) is 0.805. The molecule has 5 nitrogen and oxygen atoms in total. The molecule has 0 aromatic carbocycles. The van der Waals surface area contributed by atoms with Gasteiger partial charge in [-0.25, -0.2) is 4.98 Å². The van der Waals surface area contributed by atoms with E-state index in [4.69, 9.17) is 0 Å². The SMILES string of the molecule is CCN(CCC(=O)OC)Cc1nccn1C. The van der Waals surface area contributed by atoms with Crippen LogP contribution in [0.1, 0.15) is 19.2 Å². The van der Waals surface area contributed by atoms with Crippen LogP contribution >= 0.6 is 0 Å². The van der Waals surface area contributed by atoms with Gasteiger partial charge in [0.05, 0.1) is 20.1 Å². The molecule has 0 amide bonds. The first-order valence-electron chi connectivity index (χ1n) is 5.42. The molecule has 5 heteroatoms. The van der Waals surface area contributed by atoms with Crippen molar-refractivity contribution in [1.29, 1.82) is 0 Å². The maximum absolute atomic E-state index is 11.0. The van der Waals surface area contributed by atoms with Crippen LogP contribution < -0.4 is 0 Å². The van der Waals surface area contributed by atoms with E-state index in [-0.39, 0.29) is 5.97 Å². The van der Waals surface area contributed by atoms with Gasteiger partial charge in [0.1, 0.15) is 5.82 Å². The van der Waals surface area contributed by atoms with E-state index in [1.807, 2.05) is 17.8 Å². The summed E-state index contributed by atoms with van der Waals surface area (Å²) < 4.78 is 6.60. The highest BCUT2D eigenvalue weighted by Crippen LogP contribution is 2.02. The van der Waals surface area contributed by atoms with E-state index in [0.29, 0.717) is 13.0 Å². The summed E-state index contributed by atoms with van der Waals surface area (Å²) in [5, 5.41) is 0. The summed E-state index contributed by atoms with van der Waals surface area (Å²) in [6, 6.07) is 0. The van der Waals surface area contributed by atoms with Crippen molar-refractivity contribution in [1.82, 2.24) is 14.5 Å². The fourth-order valence-corrected chi connectivity index (χ4v) is 1.45. The Kier molecular flexibility index (Phi) is 4.98. The lowest BCUT2D eigenvalue weighted by molar-refractivity contribution is -0.141. The number of methoxy groups -OCH3 is 1. The number of imidazole rings is 1. The summed E-state index contributed by atoms with van der Waals surface area (Å²) in [5.74, 6) is 0.838. The fourth-order valence-electron chi connectivity index (χ4n) is 1.45. The second-order valence-corrected chi connectivity index (χ2v) is 3.65. The van der Waals surface area contributed by atoms with Gasteiger partial charge in [-0.2, -0.15) is 0 Å². The molecule has 0 saturated heterocycles. The number of carbonyl (C=O) groups is 1. The van der Waals surface area contributed by atoms with Gasteiger partial charge >= 0.3 is 5.97 Å². The summed E-state index contributed by atoms with van der Waals surface area (Å²) >= 11 is 0. The Bertz CT molecular complexity index is 336. The average Bonchev–Trinajstić information content (AvgIpc) is 2.69. The Morgan fingerprint density at radius 3 is 2.88 bits per heavy atom. The quantitative estimate of drug-likeness (QED) is 0.672. The van der Waals surface area contributed by atoms with Crippen molar-refractivity contribution in [3.8, 4) is 0 Å². The number of aromatic nitrogens is 2. The fraction of sp³-hybridized carbons (Fsp3) is 0.636. The summed E-state index contributed by atoms with van der Waals surface area (Å²) in [4.78, 5) is 17.5. The highest BCUT2D eigenvalue weighted by molar-refractivity contribution is 5.69. The van der Waals surface area contributed by atoms with Crippen molar-refractivity contribution in [2.45, 2.75) is 19.9 Å². The normalized spacial score (nSPS) is 10.8. The van der Waals surface area contributed by atoms with Crippen LogP contribution in [0.4, 0.5) is 0 Å². The van der Waals surface area contributed by atoms with Crippen LogP contribution in [-0.4, -0.2) is 40.6 Å². The molecule has 0 bridgehead atoms. The van der Waals surface area contributed by atoms with Crippen molar-refractivity contribution in [3.05, 3.63) is 18.2 Å². The molecule has 0 N–H and O–H groups in total. The molecule has 0 unspecified atom stereocenters. The van der Waals surface area contributed by atoms with Crippen LogP contribution in [0.15, 0.2) is 12.4 Å². The van der Waals surface area contributed by atoms with E-state index in [9.17, 15) is 4.79 Å². The Balaban J connectivity index is 2.43. The molecule has 0 atom stereocenters. The molecule has 16 heavy (non-hydrogen) atoms. The highest BCUT2D eigenvalue weighted by atomic mass is 16.5. The molecule has 0 radical (unpaired) electrons. The minimum atomic E-state index is -0.168. The number of hydrogen-bond donors (Lipinski definition) is 0. The minimum Gasteiger partial charge on any atom is -0.469 e. The van der Waals surface area contributed by atoms with Gasteiger partial charge < -0.3 is 9.30 Å². The van der Waals surface area contributed by atoms with Crippen LogP contribution in [0.25, 0.3) is 0 Å². The third-order valence-corrected chi connectivity index (χ3v) is 2.59. The van der Waals surface area contributed by atoms with E-state index in [0.717, 1.165) is 18.9 Å². The van der Waals surface area contributed by atoms with E-state index in [1.165, 1.54) is 7.11 Å². The van der Waals surface area contributed by atoms with Crippen LogP contribution in [0.3, 0.4) is 0 Å². The average molecular weight is 225 g/mol. The second-order valence-electron chi connectivity index (χ2n) is 3.65. The Hall–Kier alpha value is -1.36. The maximum Gasteiger partial charge on any atom is 0.306 e. The molecule has 1 aromatic heterocycles. The minimum absolute atomic E-state index is 0.168. The number of carbonyl (C=O) groups excluding carboxylic acids is 1. The zero-order valence-electron chi connectivity index (χ0n) is 10.1. The van der Waals surface area contributed by atoms with Crippen molar-refractivity contribution in [3.63, 3.8) is 0 Å². The van der Waals surface area contributed by atoms with Crippen molar-refractivity contribution < 1.29 is 9.53 Å². The van der Waals surface area contributed by atoms with Gasteiger partial charge in [0.15, 0.2) is 0 Å². The number of ether oxygens (including phenoxy) is 1. The Morgan fingerprint density at radius 2 is 2.38 bits per heavy atom. The van der Waals surface area contributed by atoms with Gasteiger partial charge in [0.2, 0.25) is 0 Å². The van der Waals surface area contributed by atoms with Crippen LogP contribution in [0, 0.1) is 0 Å². The lowest BCUT2D eigenvalue weighted by Gasteiger charge is -2.19. The molecule has 1 heterocycles. The van der Waals surface area contributed by atoms with E-state index >= 15 is 0 Å². The number of nitrogens with zero attached hydrogens (tertiary/aromatic N) is 3. The van der Waals surface area contributed by atoms with Gasteiger partial charge in [0, 0.05) is 26.0 Å². The van der Waals surface area contributed by atoms with Crippen LogP contribution in [0.2, 0.25) is 0 Å². The van der Waals surface area contributed by atoms with E-state index < -0.39 is 0 Å². The van der Waals surface area contributed by atoms with Crippen molar-refractivity contribution in [2.75, 3.05) is 20.2 Å². The Labute approximate surface area is 96.0 Å². The van der Waals surface area contributed by atoms with Crippen LogP contribution in [-0.2, 0) is 23.1 Å². The third-order valence-electron chi connectivity index (χ3n) is 2.59. The molecular formula is C11H19N3O2. The van der Waals surface area contributed by atoms with Crippen LogP contribution in [0.5, 0.6) is 0 Å². The molecule has 0 spiro atoms. The zero-order valence-corrected chi connectivity index (χ0v) is 10.1. The summed E-state index contributed by atoms with van der Waals surface area (Å²) in [6.07, 6.45) is 4.13. The monoisotopic (exact) mass is 225 g/mol. The molecule has 0 aliphatic rings. The maximum atomic E-state index is 11.0. The number of aryl methyl sites for hydroxylation is 1. The van der Waals surface area contributed by atoms with Gasteiger partial charge in [0.25, 0.3) is 0 Å². The van der Waals surface area contributed by atoms with Crippen molar-refractivity contribution in [2.24, 2.45) is 7.05 Å². The summed E-state index contributed by atoms with van der Waals surface area (Å²) in [6.45, 7) is 4.43. The summed E-state index contributed by atoms with van der Waals surface area (Å²) in [7, 11) is 3.38. The second kappa shape index (κ2) is 6.27. The lowest BCUT2D eigenvalue weighted by Crippen LogP contribution is -2.27. The van der Waals surface area contributed by atoms with Gasteiger partial charge in [-0.05, 0) is 6.54 Å². The van der Waals surface area contributed by atoms with E-state index in [1.54, 1.807) is 6.20 Å². The molecule has 1 aromatic rings. The summed E-state index contributed by atoms with van der Waals surface area (Å²) in [5.41, 5.74) is 0. The van der Waals surface area contributed by atoms with Crippen molar-refractivity contribution >= 4 is 5.97 Å². The first kappa shape index (κ1) is 12.7. The topological polar surface area (TPSA) is 47.4 Å². The molecule has 1 rings (SSSR count). The standard InChI is InChI=1S/C11H19N3O2/c1-4-14(7-5-11(15)16-3)9-10-12-6-8-13(10)2/h6,8H,4-5,7,9H2,1-3H3. The lowest BCUT2D eigenvalue weighted by atomic mass is 10.3. The highest BCUT2D eigenvalue weighted by Gasteiger charge is 2.09. The predicted molar refractivity (Wildman–Crippen MR) is 60.8 cm³/mol. The first-order chi connectivity index (χ1) is 7.67. The molecule has 0 aliphatic heterocycles. The smallest absolute Gasteiger partial charge is 0.306 e. The largest absolute Gasteiger partial charge is 0.469 e. The molecule has 0 aliphatic carbocycles. The van der Waals surface area contributed by atoms with Gasteiger partial charge in [-0.15, -0.1) is 0 Å². The Morgan fingerprint density at radius 1 is 1.62 bits per heavy atom. The van der Waals surface area contributed by atoms with Gasteiger partial charge in [-0.3, -0.25) is 9.69 Å². The van der Waals surface area contributed by atoms with Gasteiger partial charge in [-0.1, -0.05) is 6.92 Å². The third kappa shape index (κ3) is 3.66. The van der Waals surface area contributed by atoms with E-state index in [2.05, 4.69) is 21.5 Å². The first-order valence-corrected chi connectivity index (χ1v) is 5.42. The molecule has 0 fully saturated rings. The number of hydrogen-bond acceptors (Lipinski definition) is 4. The number of esters is 1. The zero-order chi connectivity index (χ0) is 12.0. The molecular weight excluding hydrogens is 206 g/mol. The number of rotatable bonds is 6. The molecule has 0 saturated carbocycles.